The fraction of sp³-hybridized carbons (Fsp3) is 0.250. The first-order valence-corrected chi connectivity index (χ1v) is 10.4. The second-order valence-electron chi connectivity index (χ2n) is 5.91. The first-order valence-electron chi connectivity index (χ1n) is 7.28. The molecular formula is C16H15BrN2O2S2. The number of sulfonamides is 1. The first kappa shape index (κ1) is 15.4. The molecule has 1 aliphatic carbocycles. The van der Waals surface area contributed by atoms with Crippen molar-refractivity contribution in [2.24, 2.45) is 11.1 Å². The van der Waals surface area contributed by atoms with E-state index in [1.165, 1.54) is 4.88 Å². The molecule has 3 N–H and O–H groups in total. The molecule has 2 aliphatic rings. The van der Waals surface area contributed by atoms with E-state index in [9.17, 15) is 8.42 Å². The van der Waals surface area contributed by atoms with Crippen molar-refractivity contribution in [1.82, 2.24) is 0 Å². The van der Waals surface area contributed by atoms with Gasteiger partial charge in [-0.25, -0.2) is 13.6 Å². The number of anilines is 1. The Morgan fingerprint density at radius 2 is 2.09 bits per heavy atom. The summed E-state index contributed by atoms with van der Waals surface area (Å²) in [4.78, 5) is 1.46. The van der Waals surface area contributed by atoms with Gasteiger partial charge in [0.2, 0.25) is 10.0 Å². The van der Waals surface area contributed by atoms with Crippen LogP contribution < -0.4 is 10.5 Å². The maximum absolute atomic E-state index is 11.6. The Morgan fingerprint density at radius 3 is 2.78 bits per heavy atom. The Morgan fingerprint density at radius 1 is 1.26 bits per heavy atom. The smallest absolute Gasteiger partial charge is 0.238 e. The number of benzene rings is 1. The Bertz CT molecular complexity index is 905. The van der Waals surface area contributed by atoms with Crippen molar-refractivity contribution in [3.63, 3.8) is 0 Å². The van der Waals surface area contributed by atoms with Gasteiger partial charge in [0.1, 0.15) is 0 Å². The van der Waals surface area contributed by atoms with Crippen LogP contribution in [0.2, 0.25) is 0 Å². The van der Waals surface area contributed by atoms with Crippen molar-refractivity contribution in [3.05, 3.63) is 56.7 Å². The van der Waals surface area contributed by atoms with Crippen LogP contribution in [0.15, 0.2) is 51.2 Å². The molecule has 0 spiro atoms. The number of hydrogen-bond donors (Lipinski definition) is 2. The summed E-state index contributed by atoms with van der Waals surface area (Å²) in [5, 5.41) is 8.87. The molecule has 2 aromatic rings. The lowest BCUT2D eigenvalue weighted by Gasteiger charge is -2.37. The summed E-state index contributed by atoms with van der Waals surface area (Å²) in [6.45, 7) is 0. The van der Waals surface area contributed by atoms with Gasteiger partial charge >= 0.3 is 0 Å². The van der Waals surface area contributed by atoms with Gasteiger partial charge in [0.25, 0.3) is 0 Å². The van der Waals surface area contributed by atoms with Crippen LogP contribution in [0.3, 0.4) is 0 Å². The summed E-state index contributed by atoms with van der Waals surface area (Å²) in [6.07, 6.45) is 5.36. The summed E-state index contributed by atoms with van der Waals surface area (Å²) in [5.74, 6) is 0.614. The van der Waals surface area contributed by atoms with Crippen molar-refractivity contribution in [1.29, 1.82) is 0 Å². The van der Waals surface area contributed by atoms with E-state index in [2.05, 4.69) is 45.5 Å². The normalized spacial score (nSPS) is 25.7. The summed E-state index contributed by atoms with van der Waals surface area (Å²) in [7, 11) is -3.68. The van der Waals surface area contributed by atoms with Crippen molar-refractivity contribution in [2.75, 3.05) is 5.32 Å². The fourth-order valence-corrected chi connectivity index (χ4v) is 5.63. The van der Waals surface area contributed by atoms with E-state index < -0.39 is 10.0 Å². The maximum Gasteiger partial charge on any atom is 0.238 e. The lowest BCUT2D eigenvalue weighted by Crippen LogP contribution is -2.28. The van der Waals surface area contributed by atoms with E-state index in [1.807, 2.05) is 6.07 Å². The molecule has 4 nitrogen and oxygen atoms in total. The minimum absolute atomic E-state index is 0.175. The minimum Gasteiger partial charge on any atom is -0.377 e. The quantitative estimate of drug-likeness (QED) is 0.735. The Labute approximate surface area is 147 Å². The zero-order valence-electron chi connectivity index (χ0n) is 12.1. The van der Waals surface area contributed by atoms with Gasteiger partial charge in [-0.15, -0.1) is 11.3 Å². The Hall–Kier alpha value is -1.15. The number of rotatable bonds is 2. The Balaban J connectivity index is 1.80. The molecule has 0 bridgehead atoms. The van der Waals surface area contributed by atoms with Crippen LogP contribution in [0.4, 0.5) is 5.69 Å². The third-order valence-electron chi connectivity index (χ3n) is 4.56. The molecule has 0 fully saturated rings. The average molecular weight is 411 g/mol. The number of fused-ring (bicyclic) bond motifs is 3. The molecule has 0 saturated carbocycles. The van der Waals surface area contributed by atoms with Crippen molar-refractivity contribution in [2.45, 2.75) is 23.3 Å². The van der Waals surface area contributed by atoms with Gasteiger partial charge in [-0.05, 0) is 64.2 Å². The second-order valence-corrected chi connectivity index (χ2v) is 9.97. The van der Waals surface area contributed by atoms with Crippen LogP contribution in [0, 0.1) is 5.92 Å². The highest BCUT2D eigenvalue weighted by molar-refractivity contribution is 9.11. The molecule has 120 valence electrons. The van der Waals surface area contributed by atoms with Gasteiger partial charge in [-0.1, -0.05) is 12.2 Å². The largest absolute Gasteiger partial charge is 0.377 e. The van der Waals surface area contributed by atoms with Gasteiger partial charge in [0, 0.05) is 16.5 Å². The van der Waals surface area contributed by atoms with Gasteiger partial charge in [0.05, 0.1) is 14.7 Å². The predicted molar refractivity (Wildman–Crippen MR) is 96.2 cm³/mol. The van der Waals surface area contributed by atoms with E-state index >= 15 is 0 Å². The molecule has 0 unspecified atom stereocenters. The number of nitrogens with two attached hydrogens (primary N) is 1. The predicted octanol–water partition coefficient (Wildman–Crippen LogP) is 3.98. The SMILES string of the molecule is NS(=O)(=O)c1ccc2c(c1)[C@H]1C=CC[C@H]1[C@@H](c1ccc(Br)s1)N2. The summed E-state index contributed by atoms with van der Waals surface area (Å²) < 4.78 is 24.4. The number of primary sulfonamides is 1. The van der Waals surface area contributed by atoms with Gasteiger partial charge in [-0.3, -0.25) is 0 Å². The monoisotopic (exact) mass is 410 g/mol. The standard InChI is InChI=1S/C16H15BrN2O2S2/c17-15-7-6-14(22-15)16-11-3-1-2-10(11)12-8-9(23(18,20)21)4-5-13(12)19-16/h1-2,4-8,10-11,16,19H,3H2,(H2,18,20,21)/t10-,11+,16-/m0/s1. The van der Waals surface area contributed by atoms with Crippen LogP contribution in [0.5, 0.6) is 0 Å². The molecule has 4 rings (SSSR count). The number of halogens is 1. The molecule has 1 aromatic carbocycles. The fourth-order valence-electron chi connectivity index (χ4n) is 3.53. The third-order valence-corrected chi connectivity index (χ3v) is 7.18. The van der Waals surface area contributed by atoms with Crippen LogP contribution in [0.25, 0.3) is 0 Å². The lowest BCUT2D eigenvalue weighted by molar-refractivity contribution is 0.429. The number of thiophene rings is 1. The average Bonchev–Trinajstić information content (AvgIpc) is 3.13. The van der Waals surface area contributed by atoms with Crippen molar-refractivity contribution in [3.8, 4) is 0 Å². The molecule has 1 aliphatic heterocycles. The zero-order valence-corrected chi connectivity index (χ0v) is 15.3. The van der Waals surface area contributed by atoms with E-state index in [0.717, 1.165) is 21.5 Å². The van der Waals surface area contributed by atoms with Crippen molar-refractivity contribution >= 4 is 43.0 Å². The van der Waals surface area contributed by atoms with Gasteiger partial charge < -0.3 is 5.32 Å². The van der Waals surface area contributed by atoms with E-state index in [0.29, 0.717) is 5.92 Å². The van der Waals surface area contributed by atoms with Crippen LogP contribution in [0.1, 0.15) is 28.8 Å². The topological polar surface area (TPSA) is 72.2 Å². The molecule has 0 saturated heterocycles. The number of nitrogens with one attached hydrogen (secondary N) is 1. The van der Waals surface area contributed by atoms with Crippen molar-refractivity contribution < 1.29 is 8.42 Å². The lowest BCUT2D eigenvalue weighted by atomic mass is 9.79. The first-order chi connectivity index (χ1) is 10.9. The third kappa shape index (κ3) is 2.65. The number of allylic oxidation sites excluding steroid dienone is 2. The highest BCUT2D eigenvalue weighted by atomic mass is 79.9. The Kier molecular flexibility index (Phi) is 3.64. The minimum atomic E-state index is -3.68. The van der Waals surface area contributed by atoms with Gasteiger partial charge in [0.15, 0.2) is 0 Å². The molecule has 2 heterocycles. The van der Waals surface area contributed by atoms with E-state index in [-0.39, 0.29) is 16.9 Å². The molecule has 0 amide bonds. The molecule has 7 heteroatoms. The second kappa shape index (κ2) is 5.44. The van der Waals surface area contributed by atoms with E-state index in [1.54, 1.807) is 23.5 Å². The zero-order chi connectivity index (χ0) is 16.2. The highest BCUT2D eigenvalue weighted by Crippen LogP contribution is 2.51. The van der Waals surface area contributed by atoms with Crippen LogP contribution in [-0.4, -0.2) is 8.42 Å². The molecule has 1 aromatic heterocycles. The van der Waals surface area contributed by atoms with Gasteiger partial charge in [-0.2, -0.15) is 0 Å². The summed E-state index contributed by atoms with van der Waals surface area (Å²) >= 11 is 5.26. The molecule has 0 radical (unpaired) electrons. The van der Waals surface area contributed by atoms with Crippen LogP contribution >= 0.6 is 27.3 Å². The highest BCUT2D eigenvalue weighted by Gasteiger charge is 2.38. The number of hydrogen-bond acceptors (Lipinski definition) is 4. The van der Waals surface area contributed by atoms with E-state index in [4.69, 9.17) is 5.14 Å². The molecular weight excluding hydrogens is 396 g/mol. The summed E-state index contributed by atoms with van der Waals surface area (Å²) in [6, 6.07) is 9.56. The summed E-state index contributed by atoms with van der Waals surface area (Å²) in [5.41, 5.74) is 2.00. The molecule has 23 heavy (non-hydrogen) atoms. The maximum atomic E-state index is 11.6. The van der Waals surface area contributed by atoms with Crippen LogP contribution in [-0.2, 0) is 10.0 Å². The molecule has 3 atom stereocenters.